The van der Waals surface area contributed by atoms with E-state index in [4.69, 9.17) is 0 Å². The lowest BCUT2D eigenvalue weighted by atomic mass is 10.2. The van der Waals surface area contributed by atoms with Gasteiger partial charge >= 0.3 is 0 Å². The highest BCUT2D eigenvalue weighted by Crippen LogP contribution is 2.24. The third-order valence-corrected chi connectivity index (χ3v) is 3.06. The molecule has 0 bridgehead atoms. The highest BCUT2D eigenvalue weighted by Gasteiger charge is 2.13. The van der Waals surface area contributed by atoms with E-state index < -0.39 is 4.92 Å². The minimum atomic E-state index is -0.423. The number of nitrogens with zero attached hydrogens (tertiary/aromatic N) is 1. The molecule has 2 rings (SSSR count). The smallest absolute Gasteiger partial charge is 0.274 e. The predicted octanol–water partition coefficient (Wildman–Crippen LogP) is 4.11. The lowest BCUT2D eigenvalue weighted by Crippen LogP contribution is -2.03. The van der Waals surface area contributed by atoms with E-state index in [0.29, 0.717) is 17.8 Å². The first-order chi connectivity index (χ1) is 9.06. The van der Waals surface area contributed by atoms with Crippen LogP contribution in [0.4, 0.5) is 15.8 Å². The van der Waals surface area contributed by atoms with Gasteiger partial charge in [0.1, 0.15) is 5.82 Å². The van der Waals surface area contributed by atoms with E-state index in [-0.39, 0.29) is 11.5 Å². The molecule has 0 unspecified atom stereocenters. The first kappa shape index (κ1) is 13.5. The van der Waals surface area contributed by atoms with Gasteiger partial charge in [0.2, 0.25) is 0 Å². The molecule has 2 aromatic rings. The topological polar surface area (TPSA) is 55.2 Å². The maximum atomic E-state index is 12.7. The molecule has 2 aromatic carbocycles. The second-order valence-electron chi connectivity index (χ2n) is 3.89. The van der Waals surface area contributed by atoms with Crippen molar-refractivity contribution in [3.63, 3.8) is 0 Å². The predicted molar refractivity (Wildman–Crippen MR) is 74.5 cm³/mol. The van der Waals surface area contributed by atoms with Crippen molar-refractivity contribution in [1.82, 2.24) is 0 Å². The number of benzene rings is 2. The van der Waals surface area contributed by atoms with Crippen molar-refractivity contribution in [2.24, 2.45) is 0 Å². The fraction of sp³-hybridized carbons (Fsp3) is 0.0769. The summed E-state index contributed by atoms with van der Waals surface area (Å²) in [6.07, 6.45) is 0. The van der Waals surface area contributed by atoms with Crippen molar-refractivity contribution in [3.8, 4) is 0 Å². The Bertz CT molecular complexity index is 602. The molecule has 98 valence electrons. The van der Waals surface area contributed by atoms with Gasteiger partial charge < -0.3 is 5.32 Å². The van der Waals surface area contributed by atoms with Gasteiger partial charge in [-0.05, 0) is 36.4 Å². The molecule has 0 aliphatic carbocycles. The van der Waals surface area contributed by atoms with Crippen molar-refractivity contribution in [3.05, 3.63) is 68.4 Å². The Hall–Kier alpha value is -1.95. The lowest BCUT2D eigenvalue weighted by molar-refractivity contribution is -0.385. The van der Waals surface area contributed by atoms with E-state index in [0.717, 1.165) is 4.47 Å². The van der Waals surface area contributed by atoms with Gasteiger partial charge in [-0.2, -0.15) is 0 Å². The van der Waals surface area contributed by atoms with Gasteiger partial charge in [0.15, 0.2) is 0 Å². The van der Waals surface area contributed by atoms with Gasteiger partial charge in [-0.25, -0.2) is 4.39 Å². The molecule has 19 heavy (non-hydrogen) atoms. The Morgan fingerprint density at radius 3 is 2.53 bits per heavy atom. The minimum absolute atomic E-state index is 0.0535. The summed E-state index contributed by atoms with van der Waals surface area (Å²) in [5, 5.41) is 13.9. The number of hydrogen-bond donors (Lipinski definition) is 1. The first-order valence-electron chi connectivity index (χ1n) is 5.48. The van der Waals surface area contributed by atoms with Crippen LogP contribution in [-0.2, 0) is 6.54 Å². The number of rotatable bonds is 4. The molecule has 0 spiro atoms. The SMILES string of the molecule is O=[N+]([O-])c1ccc(Br)cc1CNc1ccc(F)cc1. The zero-order chi connectivity index (χ0) is 13.8. The van der Waals surface area contributed by atoms with E-state index in [1.807, 2.05) is 0 Å². The third-order valence-electron chi connectivity index (χ3n) is 2.57. The maximum Gasteiger partial charge on any atom is 0.274 e. The number of halogens is 2. The molecule has 0 saturated carbocycles. The van der Waals surface area contributed by atoms with Crippen molar-refractivity contribution in [2.45, 2.75) is 6.54 Å². The van der Waals surface area contributed by atoms with Crippen LogP contribution in [-0.4, -0.2) is 4.92 Å². The van der Waals surface area contributed by atoms with E-state index in [1.54, 1.807) is 24.3 Å². The van der Waals surface area contributed by atoms with Crippen molar-refractivity contribution >= 4 is 27.3 Å². The Morgan fingerprint density at radius 1 is 1.21 bits per heavy atom. The Balaban J connectivity index is 2.16. The second-order valence-corrected chi connectivity index (χ2v) is 4.81. The normalized spacial score (nSPS) is 10.2. The molecule has 0 radical (unpaired) electrons. The van der Waals surface area contributed by atoms with E-state index in [1.165, 1.54) is 18.2 Å². The summed E-state index contributed by atoms with van der Waals surface area (Å²) in [4.78, 5) is 10.5. The van der Waals surface area contributed by atoms with Crippen molar-refractivity contribution < 1.29 is 9.31 Å². The molecule has 0 aromatic heterocycles. The number of nitro groups is 1. The molecule has 0 amide bonds. The van der Waals surface area contributed by atoms with Gasteiger partial charge in [-0.3, -0.25) is 10.1 Å². The zero-order valence-electron chi connectivity index (χ0n) is 9.77. The molecule has 0 atom stereocenters. The molecule has 0 aliphatic heterocycles. The molecule has 0 fully saturated rings. The molecular formula is C13H10BrFN2O2. The van der Waals surface area contributed by atoms with Gasteiger partial charge in [0, 0.05) is 28.3 Å². The van der Waals surface area contributed by atoms with Crippen molar-refractivity contribution in [2.75, 3.05) is 5.32 Å². The van der Waals surface area contributed by atoms with Crippen LogP contribution in [0.15, 0.2) is 46.9 Å². The molecule has 0 heterocycles. The van der Waals surface area contributed by atoms with Crippen LogP contribution in [0, 0.1) is 15.9 Å². The highest BCUT2D eigenvalue weighted by molar-refractivity contribution is 9.10. The van der Waals surface area contributed by atoms with Crippen LogP contribution < -0.4 is 5.32 Å². The minimum Gasteiger partial charge on any atom is -0.381 e. The molecule has 0 saturated heterocycles. The summed E-state index contributed by atoms with van der Waals surface area (Å²) in [6.45, 7) is 0.293. The molecule has 4 nitrogen and oxygen atoms in total. The number of nitrogens with one attached hydrogen (secondary N) is 1. The average molecular weight is 325 g/mol. The van der Waals surface area contributed by atoms with Crippen LogP contribution in [0.1, 0.15) is 5.56 Å². The Morgan fingerprint density at radius 2 is 1.89 bits per heavy atom. The van der Waals surface area contributed by atoms with Crippen LogP contribution in [0.25, 0.3) is 0 Å². The number of hydrogen-bond acceptors (Lipinski definition) is 3. The summed E-state index contributed by atoms with van der Waals surface area (Å²) in [6, 6.07) is 10.6. The Labute approximate surface area is 117 Å². The quantitative estimate of drug-likeness (QED) is 0.680. The van der Waals surface area contributed by atoms with Gasteiger partial charge in [-0.15, -0.1) is 0 Å². The highest BCUT2D eigenvalue weighted by atomic mass is 79.9. The lowest BCUT2D eigenvalue weighted by Gasteiger charge is -2.07. The number of nitro benzene ring substituents is 1. The van der Waals surface area contributed by atoms with Crippen LogP contribution in [0.5, 0.6) is 0 Å². The fourth-order valence-electron chi connectivity index (χ4n) is 1.64. The Kier molecular flexibility index (Phi) is 4.11. The summed E-state index contributed by atoms with van der Waals surface area (Å²) < 4.78 is 13.5. The first-order valence-corrected chi connectivity index (χ1v) is 6.28. The summed E-state index contributed by atoms with van der Waals surface area (Å²) >= 11 is 3.28. The van der Waals surface area contributed by atoms with E-state index in [9.17, 15) is 14.5 Å². The average Bonchev–Trinajstić information content (AvgIpc) is 2.38. The number of anilines is 1. The van der Waals surface area contributed by atoms with Gasteiger partial charge in [0.25, 0.3) is 5.69 Å². The van der Waals surface area contributed by atoms with Crippen LogP contribution in [0.2, 0.25) is 0 Å². The third kappa shape index (κ3) is 3.51. The molecule has 6 heteroatoms. The largest absolute Gasteiger partial charge is 0.381 e. The molecule has 1 N–H and O–H groups in total. The van der Waals surface area contributed by atoms with Gasteiger partial charge in [-0.1, -0.05) is 15.9 Å². The van der Waals surface area contributed by atoms with Crippen LogP contribution >= 0.6 is 15.9 Å². The summed E-state index contributed by atoms with van der Waals surface area (Å²) in [5.74, 6) is -0.320. The van der Waals surface area contributed by atoms with Crippen LogP contribution in [0.3, 0.4) is 0 Å². The fourth-order valence-corrected chi connectivity index (χ4v) is 2.05. The maximum absolute atomic E-state index is 12.7. The zero-order valence-corrected chi connectivity index (χ0v) is 11.4. The standard InChI is InChI=1S/C13H10BrFN2O2/c14-10-1-6-13(17(18)19)9(7-10)8-16-12-4-2-11(15)3-5-12/h1-7,16H,8H2. The van der Waals surface area contributed by atoms with Gasteiger partial charge in [0.05, 0.1) is 4.92 Å². The van der Waals surface area contributed by atoms with Crippen molar-refractivity contribution in [1.29, 1.82) is 0 Å². The summed E-state index contributed by atoms with van der Waals surface area (Å²) in [7, 11) is 0. The van der Waals surface area contributed by atoms with E-state index >= 15 is 0 Å². The monoisotopic (exact) mass is 324 g/mol. The summed E-state index contributed by atoms with van der Waals surface area (Å²) in [5.41, 5.74) is 1.32. The van der Waals surface area contributed by atoms with E-state index in [2.05, 4.69) is 21.2 Å². The molecule has 0 aliphatic rings. The second kappa shape index (κ2) is 5.79. The molecular weight excluding hydrogens is 315 g/mol.